The first-order valence-electron chi connectivity index (χ1n) is 7.60. The molecule has 0 radical (unpaired) electrons. The molecule has 0 aliphatic carbocycles. The number of nitrogens with one attached hydrogen (secondary N) is 2. The normalized spacial score (nSPS) is 15.1. The lowest BCUT2D eigenvalue weighted by Gasteiger charge is -2.29. The molecule has 0 heterocycles. The van der Waals surface area contributed by atoms with Crippen LogP contribution >= 0.6 is 0 Å². The quantitative estimate of drug-likeness (QED) is 0.776. The lowest BCUT2D eigenvalue weighted by atomic mass is 9.83. The minimum Gasteiger partial charge on any atom is -0.314 e. The molecular weight excluding hydrogens is 284 g/mol. The molecule has 1 aromatic rings. The molecule has 0 bridgehead atoms. The Balaban J connectivity index is 3.00. The fourth-order valence-electron chi connectivity index (χ4n) is 2.74. The number of rotatable bonds is 8. The molecule has 0 saturated heterocycles. The molecule has 4 nitrogen and oxygen atoms in total. The second kappa shape index (κ2) is 7.92. The maximum absolute atomic E-state index is 11.8. The van der Waals surface area contributed by atoms with Gasteiger partial charge in [0.1, 0.15) is 0 Å². The van der Waals surface area contributed by atoms with E-state index >= 15 is 0 Å². The van der Waals surface area contributed by atoms with Gasteiger partial charge in [-0.25, -0.2) is 13.1 Å². The highest BCUT2D eigenvalue weighted by molar-refractivity contribution is 7.89. The standard InChI is InChI=1S/C16H28N2O2S/c1-6-11-18-13(4)16(12(2)3)14-7-9-15(10-8-14)21(19,20)17-5/h7-10,12-13,16-18H,6,11H2,1-5H3. The third-order valence-electron chi connectivity index (χ3n) is 3.82. The van der Waals surface area contributed by atoms with E-state index in [-0.39, 0.29) is 0 Å². The highest BCUT2D eigenvalue weighted by Gasteiger charge is 2.23. The van der Waals surface area contributed by atoms with Crippen LogP contribution in [0.25, 0.3) is 0 Å². The van der Waals surface area contributed by atoms with E-state index in [4.69, 9.17) is 0 Å². The highest BCUT2D eigenvalue weighted by Crippen LogP contribution is 2.28. The van der Waals surface area contributed by atoms with E-state index in [0.29, 0.717) is 22.8 Å². The largest absolute Gasteiger partial charge is 0.314 e. The molecule has 0 aliphatic heterocycles. The summed E-state index contributed by atoms with van der Waals surface area (Å²) in [4.78, 5) is 0.311. The first kappa shape index (κ1) is 18.1. The average Bonchev–Trinajstić information content (AvgIpc) is 2.45. The first-order valence-corrected chi connectivity index (χ1v) is 9.08. The predicted octanol–water partition coefficient (Wildman–Crippen LogP) is 2.72. The summed E-state index contributed by atoms with van der Waals surface area (Å²) < 4.78 is 25.9. The minimum absolute atomic E-state index is 0.311. The van der Waals surface area contributed by atoms with Crippen molar-refractivity contribution >= 4 is 10.0 Å². The predicted molar refractivity (Wildman–Crippen MR) is 88.0 cm³/mol. The van der Waals surface area contributed by atoms with Crippen LogP contribution in [0.15, 0.2) is 29.2 Å². The Hall–Kier alpha value is -0.910. The summed E-state index contributed by atoms with van der Waals surface area (Å²) in [5, 5.41) is 3.54. The van der Waals surface area contributed by atoms with Crippen LogP contribution in [0, 0.1) is 5.92 Å². The summed E-state index contributed by atoms with van der Waals surface area (Å²) in [6, 6.07) is 7.58. The van der Waals surface area contributed by atoms with Gasteiger partial charge in [-0.15, -0.1) is 0 Å². The van der Waals surface area contributed by atoms with E-state index in [0.717, 1.165) is 13.0 Å². The lowest BCUT2D eigenvalue weighted by molar-refractivity contribution is 0.377. The fraction of sp³-hybridized carbons (Fsp3) is 0.625. The monoisotopic (exact) mass is 312 g/mol. The van der Waals surface area contributed by atoms with Crippen molar-refractivity contribution < 1.29 is 8.42 Å². The molecule has 0 amide bonds. The maximum atomic E-state index is 11.8. The van der Waals surface area contributed by atoms with Gasteiger partial charge in [0, 0.05) is 12.0 Å². The summed E-state index contributed by atoms with van der Waals surface area (Å²) >= 11 is 0. The van der Waals surface area contributed by atoms with Gasteiger partial charge < -0.3 is 5.32 Å². The van der Waals surface area contributed by atoms with Crippen LogP contribution in [-0.2, 0) is 10.0 Å². The van der Waals surface area contributed by atoms with Gasteiger partial charge in [-0.2, -0.15) is 0 Å². The molecule has 2 unspecified atom stereocenters. The third-order valence-corrected chi connectivity index (χ3v) is 5.25. The third kappa shape index (κ3) is 4.80. The van der Waals surface area contributed by atoms with E-state index in [9.17, 15) is 8.42 Å². The van der Waals surface area contributed by atoms with Gasteiger partial charge in [0.2, 0.25) is 10.0 Å². The molecule has 1 aromatic carbocycles. The molecule has 0 aliphatic rings. The maximum Gasteiger partial charge on any atom is 0.240 e. The van der Waals surface area contributed by atoms with Crippen LogP contribution in [0.1, 0.15) is 45.6 Å². The molecule has 2 atom stereocenters. The summed E-state index contributed by atoms with van der Waals surface area (Å²) in [5.74, 6) is 0.846. The zero-order chi connectivity index (χ0) is 16.0. The first-order chi connectivity index (χ1) is 9.83. The van der Waals surface area contributed by atoms with E-state index in [1.54, 1.807) is 12.1 Å². The zero-order valence-corrected chi connectivity index (χ0v) is 14.5. The molecule has 120 valence electrons. The van der Waals surface area contributed by atoms with Crippen LogP contribution in [-0.4, -0.2) is 28.1 Å². The highest BCUT2D eigenvalue weighted by atomic mass is 32.2. The van der Waals surface area contributed by atoms with Crippen molar-refractivity contribution in [3.05, 3.63) is 29.8 Å². The SMILES string of the molecule is CCCNC(C)C(c1ccc(S(=O)(=O)NC)cc1)C(C)C. The van der Waals surface area contributed by atoms with Crippen LogP contribution in [0.4, 0.5) is 0 Å². The number of hydrogen-bond acceptors (Lipinski definition) is 3. The molecule has 21 heavy (non-hydrogen) atoms. The van der Waals surface area contributed by atoms with Crippen LogP contribution in [0.5, 0.6) is 0 Å². The molecule has 0 spiro atoms. The van der Waals surface area contributed by atoms with Gasteiger partial charge in [-0.1, -0.05) is 32.9 Å². The van der Waals surface area contributed by atoms with Gasteiger partial charge in [-0.05, 0) is 50.6 Å². The molecule has 0 fully saturated rings. The van der Waals surface area contributed by atoms with Gasteiger partial charge in [-0.3, -0.25) is 0 Å². The van der Waals surface area contributed by atoms with Crippen molar-refractivity contribution in [2.24, 2.45) is 5.92 Å². The van der Waals surface area contributed by atoms with Gasteiger partial charge in [0.05, 0.1) is 4.90 Å². The van der Waals surface area contributed by atoms with Crippen molar-refractivity contribution in [2.45, 2.75) is 51.0 Å². The van der Waals surface area contributed by atoms with E-state index < -0.39 is 10.0 Å². The Morgan fingerprint density at radius 1 is 1.10 bits per heavy atom. The molecule has 0 saturated carbocycles. The molecular formula is C16H28N2O2S. The van der Waals surface area contributed by atoms with Crippen molar-refractivity contribution in [2.75, 3.05) is 13.6 Å². The second-order valence-electron chi connectivity index (χ2n) is 5.79. The van der Waals surface area contributed by atoms with E-state index in [1.807, 2.05) is 12.1 Å². The zero-order valence-electron chi connectivity index (χ0n) is 13.7. The topological polar surface area (TPSA) is 58.2 Å². The molecule has 2 N–H and O–H groups in total. The number of benzene rings is 1. The molecule has 0 aromatic heterocycles. The van der Waals surface area contributed by atoms with Crippen molar-refractivity contribution in [3.63, 3.8) is 0 Å². The Morgan fingerprint density at radius 3 is 2.10 bits per heavy atom. The van der Waals surface area contributed by atoms with Crippen LogP contribution in [0.3, 0.4) is 0 Å². The Labute approximate surface area is 129 Å². The van der Waals surface area contributed by atoms with E-state index in [1.165, 1.54) is 12.6 Å². The van der Waals surface area contributed by atoms with Gasteiger partial charge in [0.15, 0.2) is 0 Å². The summed E-state index contributed by atoms with van der Waals surface area (Å²) in [6.45, 7) is 9.75. The average molecular weight is 312 g/mol. The number of hydrogen-bond donors (Lipinski definition) is 2. The fourth-order valence-corrected chi connectivity index (χ4v) is 3.47. The summed E-state index contributed by atoms with van der Waals surface area (Å²) in [5.41, 5.74) is 1.18. The molecule has 1 rings (SSSR count). The smallest absolute Gasteiger partial charge is 0.240 e. The lowest BCUT2D eigenvalue weighted by Crippen LogP contribution is -2.35. The van der Waals surface area contributed by atoms with Crippen molar-refractivity contribution in [1.82, 2.24) is 10.0 Å². The van der Waals surface area contributed by atoms with Gasteiger partial charge >= 0.3 is 0 Å². The second-order valence-corrected chi connectivity index (χ2v) is 7.68. The number of sulfonamides is 1. The van der Waals surface area contributed by atoms with E-state index in [2.05, 4.69) is 37.7 Å². The van der Waals surface area contributed by atoms with Crippen LogP contribution < -0.4 is 10.0 Å². The Bertz CT molecular complexity index is 524. The van der Waals surface area contributed by atoms with Gasteiger partial charge in [0.25, 0.3) is 0 Å². The molecule has 5 heteroatoms. The van der Waals surface area contributed by atoms with Crippen molar-refractivity contribution in [3.8, 4) is 0 Å². The Morgan fingerprint density at radius 2 is 1.67 bits per heavy atom. The summed E-state index contributed by atoms with van der Waals surface area (Å²) in [7, 11) is -1.93. The summed E-state index contributed by atoms with van der Waals surface area (Å²) in [6.07, 6.45) is 1.11. The van der Waals surface area contributed by atoms with Crippen molar-refractivity contribution in [1.29, 1.82) is 0 Å². The Kier molecular flexibility index (Phi) is 6.84. The minimum atomic E-state index is -3.36. The van der Waals surface area contributed by atoms with Crippen LogP contribution in [0.2, 0.25) is 0 Å².